The van der Waals surface area contributed by atoms with E-state index in [0.717, 1.165) is 11.3 Å². The average molecular weight is 313 g/mol. The summed E-state index contributed by atoms with van der Waals surface area (Å²) in [5.74, 6) is 0.564. The molecule has 0 saturated carbocycles. The van der Waals surface area contributed by atoms with Crippen molar-refractivity contribution in [1.29, 1.82) is 0 Å². The van der Waals surface area contributed by atoms with Crippen molar-refractivity contribution in [3.05, 3.63) is 29.8 Å². The summed E-state index contributed by atoms with van der Waals surface area (Å²) in [6, 6.07) is 8.29. The first kappa shape index (κ1) is 16.3. The molecule has 0 bridgehead atoms. The highest BCUT2D eigenvalue weighted by Crippen LogP contribution is 2.19. The van der Waals surface area contributed by atoms with Crippen LogP contribution in [-0.2, 0) is 25.9 Å². The lowest BCUT2D eigenvalue weighted by atomic mass is 10.1. The van der Waals surface area contributed by atoms with E-state index in [1.165, 1.54) is 0 Å². The minimum Gasteiger partial charge on any atom is -0.382 e. The van der Waals surface area contributed by atoms with Crippen LogP contribution in [0.2, 0.25) is 0 Å². The summed E-state index contributed by atoms with van der Waals surface area (Å²) in [5.41, 5.74) is 2.12. The van der Waals surface area contributed by atoms with E-state index in [4.69, 9.17) is 9.47 Å². The largest absolute Gasteiger partial charge is 0.382 e. The molecule has 1 heterocycles. The van der Waals surface area contributed by atoms with Crippen LogP contribution in [0.25, 0.3) is 0 Å². The Morgan fingerprint density at radius 1 is 1.24 bits per heavy atom. The van der Waals surface area contributed by atoms with Crippen LogP contribution in [0.4, 0.5) is 5.69 Å². The standard InChI is InChI=1S/C15H23NO4S/c1-19-7-8-20-12-13-3-2-4-15(11-13)16-14-5-9-21(17,18)10-6-14/h2-4,11,14,16H,5-10,12H2,1H3. The second-order valence-electron chi connectivity index (χ2n) is 5.32. The molecule has 21 heavy (non-hydrogen) atoms. The number of nitrogens with one attached hydrogen (secondary N) is 1. The molecule has 1 N–H and O–H groups in total. The van der Waals surface area contributed by atoms with Gasteiger partial charge >= 0.3 is 0 Å². The summed E-state index contributed by atoms with van der Waals surface area (Å²) in [5, 5.41) is 3.42. The number of hydrogen-bond acceptors (Lipinski definition) is 5. The Labute approximate surface area is 126 Å². The summed E-state index contributed by atoms with van der Waals surface area (Å²) < 4.78 is 33.3. The molecule has 1 aliphatic heterocycles. The topological polar surface area (TPSA) is 64.6 Å². The fourth-order valence-electron chi connectivity index (χ4n) is 2.35. The molecule has 0 unspecified atom stereocenters. The Kier molecular flexibility index (Phi) is 6.02. The molecule has 2 rings (SSSR count). The van der Waals surface area contributed by atoms with E-state index in [9.17, 15) is 8.42 Å². The number of sulfone groups is 1. The molecule has 5 nitrogen and oxygen atoms in total. The number of rotatable bonds is 7. The maximum Gasteiger partial charge on any atom is 0.150 e. The number of benzene rings is 1. The fourth-order valence-corrected chi connectivity index (χ4v) is 3.84. The first-order valence-electron chi connectivity index (χ1n) is 7.22. The predicted molar refractivity (Wildman–Crippen MR) is 83.3 cm³/mol. The average Bonchev–Trinajstić information content (AvgIpc) is 2.46. The van der Waals surface area contributed by atoms with Gasteiger partial charge in [0.1, 0.15) is 9.84 Å². The molecule has 1 aromatic carbocycles. The van der Waals surface area contributed by atoms with Gasteiger partial charge in [-0.15, -0.1) is 0 Å². The third kappa shape index (κ3) is 5.65. The molecule has 0 amide bonds. The number of anilines is 1. The third-order valence-corrected chi connectivity index (χ3v) is 5.27. The molecule has 0 atom stereocenters. The molecule has 1 aliphatic rings. The highest BCUT2D eigenvalue weighted by atomic mass is 32.2. The fraction of sp³-hybridized carbons (Fsp3) is 0.600. The monoisotopic (exact) mass is 313 g/mol. The highest BCUT2D eigenvalue weighted by molar-refractivity contribution is 7.91. The van der Waals surface area contributed by atoms with Crippen molar-refractivity contribution in [1.82, 2.24) is 0 Å². The summed E-state index contributed by atoms with van der Waals surface area (Å²) >= 11 is 0. The van der Waals surface area contributed by atoms with Crippen molar-refractivity contribution in [3.63, 3.8) is 0 Å². The van der Waals surface area contributed by atoms with Crippen LogP contribution in [0.1, 0.15) is 18.4 Å². The van der Waals surface area contributed by atoms with Gasteiger partial charge in [0.05, 0.1) is 31.3 Å². The Morgan fingerprint density at radius 2 is 2.00 bits per heavy atom. The number of ether oxygens (including phenoxy) is 2. The van der Waals surface area contributed by atoms with Gasteiger partial charge in [-0.05, 0) is 30.5 Å². The van der Waals surface area contributed by atoms with E-state index in [2.05, 4.69) is 11.4 Å². The van der Waals surface area contributed by atoms with E-state index < -0.39 is 9.84 Å². The summed E-state index contributed by atoms with van der Waals surface area (Å²) in [6.45, 7) is 1.72. The molecule has 0 aliphatic carbocycles. The van der Waals surface area contributed by atoms with Crippen LogP contribution in [0.3, 0.4) is 0 Å². The van der Waals surface area contributed by atoms with Crippen LogP contribution in [-0.4, -0.2) is 46.3 Å². The molecule has 1 aromatic rings. The zero-order chi connectivity index (χ0) is 15.1. The molecular weight excluding hydrogens is 290 g/mol. The molecule has 1 fully saturated rings. The Bertz CT molecular complexity index is 530. The minimum atomic E-state index is -2.81. The van der Waals surface area contributed by atoms with Crippen LogP contribution in [0, 0.1) is 0 Å². The van der Waals surface area contributed by atoms with Crippen molar-refractivity contribution < 1.29 is 17.9 Å². The van der Waals surface area contributed by atoms with Crippen molar-refractivity contribution >= 4 is 15.5 Å². The molecule has 0 radical (unpaired) electrons. The zero-order valence-corrected chi connectivity index (χ0v) is 13.2. The lowest BCUT2D eigenvalue weighted by Gasteiger charge is -2.24. The quantitative estimate of drug-likeness (QED) is 0.778. The van der Waals surface area contributed by atoms with Gasteiger partial charge in [-0.1, -0.05) is 12.1 Å². The SMILES string of the molecule is COCCOCc1cccc(NC2CCS(=O)(=O)CC2)c1. The normalized spacial score (nSPS) is 18.5. The summed E-state index contributed by atoms with van der Waals surface area (Å²) in [4.78, 5) is 0. The summed E-state index contributed by atoms with van der Waals surface area (Å²) in [6.07, 6.45) is 1.35. The van der Waals surface area contributed by atoms with E-state index >= 15 is 0 Å². The van der Waals surface area contributed by atoms with Gasteiger partial charge in [0.2, 0.25) is 0 Å². The van der Waals surface area contributed by atoms with Crippen molar-refractivity contribution in [2.75, 3.05) is 37.1 Å². The van der Waals surface area contributed by atoms with Gasteiger partial charge in [-0.25, -0.2) is 8.42 Å². The molecule has 6 heteroatoms. The van der Waals surface area contributed by atoms with Crippen LogP contribution in [0.15, 0.2) is 24.3 Å². The van der Waals surface area contributed by atoms with Gasteiger partial charge < -0.3 is 14.8 Å². The van der Waals surface area contributed by atoms with E-state index in [0.29, 0.717) is 32.7 Å². The second kappa shape index (κ2) is 7.77. The van der Waals surface area contributed by atoms with E-state index in [1.807, 2.05) is 18.2 Å². The Hall–Kier alpha value is -1.11. The second-order valence-corrected chi connectivity index (χ2v) is 7.62. The minimum absolute atomic E-state index is 0.234. The Morgan fingerprint density at radius 3 is 2.71 bits per heavy atom. The molecule has 118 valence electrons. The lowest BCUT2D eigenvalue weighted by Crippen LogP contribution is -2.32. The molecule has 0 aromatic heterocycles. The third-order valence-electron chi connectivity index (χ3n) is 3.55. The van der Waals surface area contributed by atoms with E-state index in [-0.39, 0.29) is 17.5 Å². The van der Waals surface area contributed by atoms with Gasteiger partial charge in [0.25, 0.3) is 0 Å². The Balaban J connectivity index is 1.83. The summed E-state index contributed by atoms with van der Waals surface area (Å²) in [7, 11) is -1.15. The van der Waals surface area contributed by atoms with Gasteiger partial charge in [0.15, 0.2) is 0 Å². The van der Waals surface area contributed by atoms with Crippen LogP contribution >= 0.6 is 0 Å². The van der Waals surface area contributed by atoms with Gasteiger partial charge in [0, 0.05) is 18.8 Å². The van der Waals surface area contributed by atoms with E-state index in [1.54, 1.807) is 7.11 Å². The van der Waals surface area contributed by atoms with Crippen LogP contribution in [0.5, 0.6) is 0 Å². The van der Waals surface area contributed by atoms with Gasteiger partial charge in [-0.3, -0.25) is 0 Å². The molecule has 1 saturated heterocycles. The van der Waals surface area contributed by atoms with Crippen molar-refractivity contribution in [2.24, 2.45) is 0 Å². The van der Waals surface area contributed by atoms with Crippen molar-refractivity contribution in [2.45, 2.75) is 25.5 Å². The lowest BCUT2D eigenvalue weighted by molar-refractivity contribution is 0.0617. The number of methoxy groups -OCH3 is 1. The highest BCUT2D eigenvalue weighted by Gasteiger charge is 2.23. The predicted octanol–water partition coefficient (Wildman–Crippen LogP) is 1.84. The van der Waals surface area contributed by atoms with Gasteiger partial charge in [-0.2, -0.15) is 0 Å². The first-order chi connectivity index (χ1) is 10.1. The first-order valence-corrected chi connectivity index (χ1v) is 9.04. The van der Waals surface area contributed by atoms with Crippen LogP contribution < -0.4 is 5.32 Å². The number of hydrogen-bond donors (Lipinski definition) is 1. The zero-order valence-electron chi connectivity index (χ0n) is 12.4. The molecule has 0 spiro atoms. The van der Waals surface area contributed by atoms with Crippen molar-refractivity contribution in [3.8, 4) is 0 Å². The molecular formula is C15H23NO4S. The maximum atomic E-state index is 11.4. The maximum absolute atomic E-state index is 11.4. The smallest absolute Gasteiger partial charge is 0.150 e.